The van der Waals surface area contributed by atoms with Gasteiger partial charge in [0.05, 0.1) is 17.0 Å². The molecule has 3 aliphatic rings. The number of carbonyl (C=O) groups excluding carboxylic acids is 3. The first-order chi connectivity index (χ1) is 16.7. The number of nitrogens with two attached hydrogens (primary N) is 1. The van der Waals surface area contributed by atoms with E-state index >= 15 is 0 Å². The van der Waals surface area contributed by atoms with Gasteiger partial charge in [0, 0.05) is 24.0 Å². The van der Waals surface area contributed by atoms with Crippen LogP contribution in [0.4, 0.5) is 10.1 Å². The number of rotatable bonds is 5. The number of aromatic amines is 1. The molecule has 10 heteroatoms. The molecule has 2 aliphatic carbocycles. The minimum absolute atomic E-state index is 0.0255. The number of halogens is 2. The van der Waals surface area contributed by atoms with Gasteiger partial charge in [0.1, 0.15) is 11.5 Å². The molecule has 3 N–H and O–H groups in total. The first-order valence-corrected chi connectivity index (χ1v) is 12.5. The summed E-state index contributed by atoms with van der Waals surface area (Å²) >= 11 is 6.33. The van der Waals surface area contributed by atoms with Crippen LogP contribution >= 0.6 is 11.6 Å². The van der Waals surface area contributed by atoms with Gasteiger partial charge in [-0.25, -0.2) is 9.37 Å². The summed E-state index contributed by atoms with van der Waals surface area (Å²) in [5.74, 6) is -1.36. The number of nitrogens with zero attached hydrogens (tertiary/aromatic N) is 3. The highest BCUT2D eigenvalue weighted by Crippen LogP contribution is 2.48. The molecule has 1 aromatic carbocycles. The number of carbonyl (C=O) groups is 3. The second kappa shape index (κ2) is 8.93. The molecule has 1 saturated heterocycles. The minimum atomic E-state index is -0.716. The van der Waals surface area contributed by atoms with Crippen molar-refractivity contribution in [1.29, 1.82) is 0 Å². The molecule has 3 amide bonds. The van der Waals surface area contributed by atoms with Crippen LogP contribution in [0.1, 0.15) is 77.9 Å². The average molecular weight is 502 g/mol. The normalized spacial score (nSPS) is 24.6. The molecule has 2 aromatic rings. The predicted molar refractivity (Wildman–Crippen MR) is 129 cm³/mol. The topological polar surface area (TPSA) is 112 Å². The molecule has 1 aromatic heterocycles. The molecule has 0 radical (unpaired) electrons. The first-order valence-electron chi connectivity index (χ1n) is 12.2. The summed E-state index contributed by atoms with van der Waals surface area (Å²) in [5, 5.41) is 0.238. The number of piperidine rings is 1. The number of imidazole rings is 1. The summed E-state index contributed by atoms with van der Waals surface area (Å²) < 4.78 is 13.9. The number of hydrogen-bond acceptors (Lipinski definition) is 4. The maximum atomic E-state index is 13.9. The second-order valence-electron chi connectivity index (χ2n) is 10.1. The van der Waals surface area contributed by atoms with Crippen molar-refractivity contribution in [1.82, 2.24) is 14.9 Å². The number of benzene rings is 1. The lowest BCUT2D eigenvalue weighted by atomic mass is 9.67. The maximum Gasteiger partial charge on any atom is 0.275 e. The summed E-state index contributed by atoms with van der Waals surface area (Å²) in [6.07, 6.45) is 7.46. The highest BCUT2D eigenvalue weighted by atomic mass is 35.5. The number of hydrogen-bond donors (Lipinski definition) is 2. The van der Waals surface area contributed by atoms with Crippen molar-refractivity contribution in [3.63, 3.8) is 0 Å². The van der Waals surface area contributed by atoms with Crippen molar-refractivity contribution in [3.8, 4) is 0 Å². The van der Waals surface area contributed by atoms with E-state index < -0.39 is 11.3 Å². The van der Waals surface area contributed by atoms with Crippen molar-refractivity contribution in [2.75, 3.05) is 11.4 Å². The molecule has 1 aliphatic heterocycles. The first kappa shape index (κ1) is 23.8. The Morgan fingerprint density at radius 2 is 1.89 bits per heavy atom. The Kier molecular flexibility index (Phi) is 6.07. The average Bonchev–Trinajstić information content (AvgIpc) is 3.53. The third-order valence-electron chi connectivity index (χ3n) is 7.82. The zero-order valence-electron chi connectivity index (χ0n) is 19.7. The molecular formula is C25H29ClFN5O3. The Morgan fingerprint density at radius 1 is 1.20 bits per heavy atom. The molecule has 3 fully saturated rings. The van der Waals surface area contributed by atoms with E-state index in [4.69, 9.17) is 17.3 Å². The molecule has 2 heterocycles. The van der Waals surface area contributed by atoms with Crippen LogP contribution in [0.2, 0.25) is 5.02 Å². The Hall–Kier alpha value is -2.94. The molecule has 35 heavy (non-hydrogen) atoms. The van der Waals surface area contributed by atoms with Gasteiger partial charge in [-0.3, -0.25) is 14.4 Å². The van der Waals surface area contributed by atoms with E-state index in [-0.39, 0.29) is 46.1 Å². The lowest BCUT2D eigenvalue weighted by molar-refractivity contribution is -0.133. The number of aromatic nitrogens is 2. The Balaban J connectivity index is 1.34. The van der Waals surface area contributed by atoms with Crippen molar-refractivity contribution in [3.05, 3.63) is 46.3 Å². The molecule has 0 unspecified atom stereocenters. The van der Waals surface area contributed by atoms with E-state index in [0.29, 0.717) is 43.5 Å². The Labute approximate surface area is 208 Å². The number of aryl methyl sites for hydroxylation is 1. The standard InChI is InChI=1S/C25H29ClFN5O3/c1-14-11-19(17(26)12-18(14)27)31-10-2-7-25(24(31)35)8-5-16(6-9-25)32(15-3-4-15)23(34)21-20(22(28)33)29-13-30-21/h11-13,15-16H,2-10H2,1H3,(H2,28,33)(H,29,30)/t16-,25+. The van der Waals surface area contributed by atoms with E-state index in [1.54, 1.807) is 17.9 Å². The van der Waals surface area contributed by atoms with Gasteiger partial charge in [0.15, 0.2) is 5.69 Å². The van der Waals surface area contributed by atoms with Gasteiger partial charge in [-0.2, -0.15) is 0 Å². The predicted octanol–water partition coefficient (Wildman–Crippen LogP) is 3.97. The van der Waals surface area contributed by atoms with Crippen LogP contribution in [-0.4, -0.2) is 51.2 Å². The monoisotopic (exact) mass is 501 g/mol. The van der Waals surface area contributed by atoms with Gasteiger partial charge in [-0.1, -0.05) is 11.6 Å². The van der Waals surface area contributed by atoms with Gasteiger partial charge >= 0.3 is 0 Å². The largest absolute Gasteiger partial charge is 0.364 e. The van der Waals surface area contributed by atoms with Crippen LogP contribution < -0.4 is 10.6 Å². The van der Waals surface area contributed by atoms with Crippen LogP contribution in [0.3, 0.4) is 0 Å². The third-order valence-corrected chi connectivity index (χ3v) is 8.13. The van der Waals surface area contributed by atoms with E-state index in [2.05, 4.69) is 9.97 Å². The van der Waals surface area contributed by atoms with Crippen molar-refractivity contribution >= 4 is 35.0 Å². The van der Waals surface area contributed by atoms with Crippen LogP contribution in [0, 0.1) is 18.2 Å². The molecule has 0 bridgehead atoms. The zero-order valence-corrected chi connectivity index (χ0v) is 20.4. The van der Waals surface area contributed by atoms with E-state index in [1.807, 2.05) is 4.90 Å². The fourth-order valence-electron chi connectivity index (χ4n) is 5.80. The SMILES string of the molecule is Cc1cc(N2CCC[C@]3(CC[C@H](N(C(=O)c4nc[nH]c4C(N)=O)C4CC4)CC3)C2=O)c(Cl)cc1F. The van der Waals surface area contributed by atoms with E-state index in [0.717, 1.165) is 25.7 Å². The third kappa shape index (κ3) is 4.20. The van der Waals surface area contributed by atoms with Crippen LogP contribution in [0.25, 0.3) is 0 Å². The molecule has 5 rings (SSSR count). The van der Waals surface area contributed by atoms with E-state index in [9.17, 15) is 18.8 Å². The molecule has 2 saturated carbocycles. The smallest absolute Gasteiger partial charge is 0.275 e. The lowest BCUT2D eigenvalue weighted by Crippen LogP contribution is -2.53. The molecule has 1 spiro atoms. The van der Waals surface area contributed by atoms with Gasteiger partial charge < -0.3 is 20.5 Å². The summed E-state index contributed by atoms with van der Waals surface area (Å²) in [5.41, 5.74) is 6.00. The van der Waals surface area contributed by atoms with Gasteiger partial charge in [0.2, 0.25) is 5.91 Å². The van der Waals surface area contributed by atoms with Crippen LogP contribution in [0.15, 0.2) is 18.5 Å². The minimum Gasteiger partial charge on any atom is -0.364 e. The number of nitrogens with one attached hydrogen (secondary N) is 1. The lowest BCUT2D eigenvalue weighted by Gasteiger charge is -2.47. The number of anilines is 1. The summed E-state index contributed by atoms with van der Waals surface area (Å²) in [4.78, 5) is 49.2. The fourth-order valence-corrected chi connectivity index (χ4v) is 6.05. The summed E-state index contributed by atoms with van der Waals surface area (Å²) in [6, 6.07) is 3.01. The highest BCUT2D eigenvalue weighted by Gasteiger charge is 2.49. The van der Waals surface area contributed by atoms with Gasteiger partial charge in [-0.05, 0) is 76.0 Å². The summed E-state index contributed by atoms with van der Waals surface area (Å²) in [6.45, 7) is 2.22. The van der Waals surface area contributed by atoms with Crippen molar-refractivity contribution in [2.45, 2.75) is 70.4 Å². The number of primary amides is 1. The van der Waals surface area contributed by atoms with Crippen molar-refractivity contribution < 1.29 is 18.8 Å². The quantitative estimate of drug-likeness (QED) is 0.645. The molecular weight excluding hydrogens is 473 g/mol. The molecule has 186 valence electrons. The number of H-pyrrole nitrogens is 1. The second-order valence-corrected chi connectivity index (χ2v) is 10.5. The molecule has 8 nitrogen and oxygen atoms in total. The summed E-state index contributed by atoms with van der Waals surface area (Å²) in [7, 11) is 0. The number of amides is 3. The van der Waals surface area contributed by atoms with Crippen molar-refractivity contribution in [2.24, 2.45) is 11.1 Å². The Morgan fingerprint density at radius 3 is 2.54 bits per heavy atom. The van der Waals surface area contributed by atoms with Gasteiger partial charge in [0.25, 0.3) is 11.8 Å². The maximum absolute atomic E-state index is 13.9. The van der Waals surface area contributed by atoms with Gasteiger partial charge in [-0.15, -0.1) is 0 Å². The molecule has 0 atom stereocenters. The van der Waals surface area contributed by atoms with E-state index in [1.165, 1.54) is 12.4 Å². The van der Waals surface area contributed by atoms with Crippen LogP contribution in [-0.2, 0) is 4.79 Å². The van der Waals surface area contributed by atoms with Crippen LogP contribution in [0.5, 0.6) is 0 Å². The Bertz CT molecular complexity index is 1190. The fraction of sp³-hybridized carbons (Fsp3) is 0.520. The highest BCUT2D eigenvalue weighted by molar-refractivity contribution is 6.34. The zero-order chi connectivity index (χ0) is 24.9.